The zero-order valence-corrected chi connectivity index (χ0v) is 15.4. The van der Waals surface area contributed by atoms with E-state index in [1.807, 2.05) is 5.32 Å². The summed E-state index contributed by atoms with van der Waals surface area (Å²) in [6.07, 6.45) is -0.149. The van der Waals surface area contributed by atoms with Crippen LogP contribution in [0.2, 0.25) is 0 Å². The molecule has 1 unspecified atom stereocenters. The molecule has 0 aromatic carbocycles. The van der Waals surface area contributed by atoms with Gasteiger partial charge in [-0.15, -0.1) is 0 Å². The quantitative estimate of drug-likeness (QED) is 0.543. The third kappa shape index (κ3) is 13.2. The van der Waals surface area contributed by atoms with Gasteiger partial charge in [-0.25, -0.2) is 4.79 Å². The number of carbonyl (C=O) groups excluding carboxylic acids is 1. The molecule has 94 valence electrons. The van der Waals surface area contributed by atoms with Gasteiger partial charge in [-0.1, -0.05) is 6.92 Å². The van der Waals surface area contributed by atoms with Gasteiger partial charge in [0.1, 0.15) is 6.04 Å². The van der Waals surface area contributed by atoms with E-state index >= 15 is 0 Å². The standard InChI is InChI=1S/C9H15NO5S.2Na/c1-5(3-8(12)13)16-4-7(9(14)15)10-6(2)11;;/h5,7H,3-4H2,1-2H3,(H,10,11)(H,12,13)(H,14,15);;/t5?,7-;;/m0../s1/i2D3;;. The Morgan fingerprint density at radius 1 is 1.33 bits per heavy atom. The summed E-state index contributed by atoms with van der Waals surface area (Å²) in [5.74, 6) is -3.83. The van der Waals surface area contributed by atoms with Gasteiger partial charge in [0.25, 0.3) is 0 Å². The number of hydrogen-bond donors (Lipinski definition) is 3. The summed E-state index contributed by atoms with van der Waals surface area (Å²) in [5.41, 5.74) is 0. The number of carboxylic acids is 2. The molecule has 2 radical (unpaired) electrons. The molecule has 0 bridgehead atoms. The average Bonchev–Trinajstić information content (AvgIpc) is 2.20. The number of rotatable bonds is 7. The summed E-state index contributed by atoms with van der Waals surface area (Å²) in [5, 5.41) is 18.9. The summed E-state index contributed by atoms with van der Waals surface area (Å²) in [4.78, 5) is 32.5. The van der Waals surface area contributed by atoms with Crippen LogP contribution < -0.4 is 5.32 Å². The molecule has 6 nitrogen and oxygen atoms in total. The molecule has 0 fully saturated rings. The topological polar surface area (TPSA) is 104 Å². The Morgan fingerprint density at radius 2 is 1.89 bits per heavy atom. The van der Waals surface area contributed by atoms with Crippen molar-refractivity contribution in [1.82, 2.24) is 5.32 Å². The number of amides is 1. The van der Waals surface area contributed by atoms with Crippen LogP contribution in [0.1, 0.15) is 24.3 Å². The van der Waals surface area contributed by atoms with Gasteiger partial charge in [0.15, 0.2) is 0 Å². The Kier molecular flexibility index (Phi) is 11.9. The number of aliphatic carboxylic acids is 2. The Bertz CT molecular complexity index is 370. The number of thioether (sulfide) groups is 1. The summed E-state index contributed by atoms with van der Waals surface area (Å²) in [6.45, 7) is -1.31. The molecule has 0 aliphatic heterocycles. The summed E-state index contributed by atoms with van der Waals surface area (Å²) in [7, 11) is 0. The van der Waals surface area contributed by atoms with Crippen LogP contribution in [-0.4, -0.2) is 104 Å². The second kappa shape index (κ2) is 12.8. The van der Waals surface area contributed by atoms with Crippen molar-refractivity contribution in [2.75, 3.05) is 5.75 Å². The zero-order valence-electron chi connectivity index (χ0n) is 13.6. The first kappa shape index (κ1) is 16.8. The van der Waals surface area contributed by atoms with E-state index in [1.165, 1.54) is 0 Å². The van der Waals surface area contributed by atoms with Gasteiger partial charge < -0.3 is 15.5 Å². The third-order valence-corrected chi connectivity index (χ3v) is 2.87. The number of nitrogens with one attached hydrogen (secondary N) is 1. The van der Waals surface area contributed by atoms with Crippen molar-refractivity contribution in [2.45, 2.75) is 31.5 Å². The van der Waals surface area contributed by atoms with E-state index in [-0.39, 0.29) is 76.5 Å². The maximum absolute atomic E-state index is 11.2. The monoisotopic (exact) mass is 298 g/mol. The molecular weight excluding hydrogens is 280 g/mol. The predicted molar refractivity (Wildman–Crippen MR) is 70.9 cm³/mol. The van der Waals surface area contributed by atoms with Crippen LogP contribution in [-0.2, 0) is 14.4 Å². The zero-order chi connectivity index (χ0) is 15.2. The Hall–Kier alpha value is 0.760. The fraction of sp³-hybridized carbons (Fsp3) is 0.667. The smallest absolute Gasteiger partial charge is 0.327 e. The summed E-state index contributed by atoms with van der Waals surface area (Å²) < 4.78 is 20.5. The Labute approximate surface area is 158 Å². The van der Waals surface area contributed by atoms with Gasteiger partial charge in [-0.05, 0) is 0 Å². The molecule has 0 heterocycles. The molecule has 0 aliphatic rings. The summed E-state index contributed by atoms with van der Waals surface area (Å²) in [6, 6.07) is -1.37. The molecule has 0 aromatic rings. The van der Waals surface area contributed by atoms with Gasteiger partial charge in [0, 0.05) is 81.1 Å². The molecular formula is C9H15NNa2O5S. The Morgan fingerprint density at radius 3 is 2.28 bits per heavy atom. The maximum atomic E-state index is 11.2. The van der Waals surface area contributed by atoms with Crippen LogP contribution in [0, 0.1) is 0 Å². The van der Waals surface area contributed by atoms with E-state index < -0.39 is 30.7 Å². The van der Waals surface area contributed by atoms with Gasteiger partial charge in [0.05, 0.1) is 6.42 Å². The van der Waals surface area contributed by atoms with E-state index in [1.54, 1.807) is 6.92 Å². The number of carbonyl (C=O) groups is 3. The first-order valence-corrected chi connectivity index (χ1v) is 5.46. The number of hydrogen-bond acceptors (Lipinski definition) is 4. The minimum atomic E-state index is -2.91. The second-order valence-electron chi connectivity index (χ2n) is 3.11. The van der Waals surface area contributed by atoms with Gasteiger partial charge in [-0.2, -0.15) is 11.8 Å². The van der Waals surface area contributed by atoms with Gasteiger partial charge in [0.2, 0.25) is 5.91 Å². The second-order valence-corrected chi connectivity index (χ2v) is 4.58. The predicted octanol–water partition coefficient (Wildman–Crippen LogP) is -0.589. The van der Waals surface area contributed by atoms with Crippen LogP contribution in [0.5, 0.6) is 0 Å². The van der Waals surface area contributed by atoms with Gasteiger partial charge >= 0.3 is 11.9 Å². The molecule has 3 N–H and O–H groups in total. The van der Waals surface area contributed by atoms with E-state index in [0.717, 1.165) is 11.8 Å². The molecule has 1 amide bonds. The van der Waals surface area contributed by atoms with Crippen molar-refractivity contribution in [1.29, 1.82) is 0 Å². The van der Waals surface area contributed by atoms with E-state index in [4.69, 9.17) is 14.3 Å². The molecule has 0 aromatic heterocycles. The van der Waals surface area contributed by atoms with Crippen molar-refractivity contribution < 1.29 is 28.7 Å². The van der Waals surface area contributed by atoms with Crippen molar-refractivity contribution in [3.05, 3.63) is 0 Å². The van der Waals surface area contributed by atoms with Gasteiger partial charge in [-0.3, -0.25) is 9.59 Å². The van der Waals surface area contributed by atoms with Crippen LogP contribution >= 0.6 is 11.8 Å². The van der Waals surface area contributed by atoms with E-state index in [2.05, 4.69) is 0 Å². The van der Waals surface area contributed by atoms with Crippen LogP contribution in [0.3, 0.4) is 0 Å². The number of carboxylic acid groups (broad SMARTS) is 2. The molecule has 9 heteroatoms. The van der Waals surface area contributed by atoms with Crippen molar-refractivity contribution in [3.8, 4) is 0 Å². The normalized spacial score (nSPS) is 15.5. The van der Waals surface area contributed by atoms with Crippen molar-refractivity contribution >= 4 is 88.7 Å². The maximum Gasteiger partial charge on any atom is 0.327 e. The van der Waals surface area contributed by atoms with Crippen molar-refractivity contribution in [2.24, 2.45) is 0 Å². The Balaban J connectivity index is -0.00000162. The third-order valence-electron chi connectivity index (χ3n) is 1.61. The molecule has 2 atom stereocenters. The fourth-order valence-corrected chi connectivity index (χ4v) is 1.91. The minimum Gasteiger partial charge on any atom is -0.481 e. The first-order valence-electron chi connectivity index (χ1n) is 5.91. The molecule has 0 spiro atoms. The van der Waals surface area contributed by atoms with E-state index in [9.17, 15) is 14.4 Å². The fourth-order valence-electron chi connectivity index (χ4n) is 0.898. The molecule has 18 heavy (non-hydrogen) atoms. The largest absolute Gasteiger partial charge is 0.481 e. The minimum absolute atomic E-state index is 0. The van der Waals surface area contributed by atoms with Crippen molar-refractivity contribution in [3.63, 3.8) is 0 Å². The summed E-state index contributed by atoms with van der Waals surface area (Å²) >= 11 is 1.03. The van der Waals surface area contributed by atoms with Crippen LogP contribution in [0.15, 0.2) is 0 Å². The first-order chi connectivity index (χ1) is 8.54. The molecule has 0 aliphatic carbocycles. The SMILES string of the molecule is [2H]C([2H])([2H])C(=O)N[C@@H](CSC(C)CC(=O)O)C(=O)O.[Na].[Na]. The van der Waals surface area contributed by atoms with Crippen LogP contribution in [0.4, 0.5) is 0 Å². The molecule has 0 saturated carbocycles. The molecule has 0 rings (SSSR count). The molecule has 0 saturated heterocycles. The van der Waals surface area contributed by atoms with Crippen LogP contribution in [0.25, 0.3) is 0 Å². The van der Waals surface area contributed by atoms with E-state index in [0.29, 0.717) is 0 Å². The average molecular weight is 298 g/mol.